The van der Waals surface area contributed by atoms with Gasteiger partial charge in [-0.25, -0.2) is 0 Å². The summed E-state index contributed by atoms with van der Waals surface area (Å²) in [6, 6.07) is 3.57. The standard InChI is InChI=1S/C17H26ClNO/c1-4-7-8-9-12(5-2)16-13(6-3)15(18)11-10-14(16)17(19)20/h10-12H,4-9H2,1-3H3,(H2,19,20). The molecule has 1 atom stereocenters. The Morgan fingerprint density at radius 1 is 1.25 bits per heavy atom. The Balaban J connectivity index is 3.22. The Kier molecular flexibility index (Phi) is 7.08. The summed E-state index contributed by atoms with van der Waals surface area (Å²) in [5.41, 5.74) is 8.38. The predicted octanol–water partition coefficient (Wildman–Crippen LogP) is 5.08. The highest BCUT2D eigenvalue weighted by Crippen LogP contribution is 2.35. The van der Waals surface area contributed by atoms with Gasteiger partial charge in [-0.15, -0.1) is 0 Å². The van der Waals surface area contributed by atoms with E-state index in [0.29, 0.717) is 11.5 Å². The Morgan fingerprint density at radius 2 is 1.95 bits per heavy atom. The molecule has 20 heavy (non-hydrogen) atoms. The molecule has 0 bridgehead atoms. The third-order valence-electron chi connectivity index (χ3n) is 3.98. The molecule has 1 aromatic carbocycles. The summed E-state index contributed by atoms with van der Waals surface area (Å²) < 4.78 is 0. The number of unbranched alkanes of at least 4 members (excludes halogenated alkanes) is 2. The van der Waals surface area contributed by atoms with Crippen molar-refractivity contribution in [3.63, 3.8) is 0 Å². The zero-order valence-corrected chi connectivity index (χ0v) is 13.6. The van der Waals surface area contributed by atoms with Crippen molar-refractivity contribution in [2.75, 3.05) is 0 Å². The van der Waals surface area contributed by atoms with Gasteiger partial charge < -0.3 is 5.73 Å². The van der Waals surface area contributed by atoms with Crippen LogP contribution in [0.25, 0.3) is 0 Å². The van der Waals surface area contributed by atoms with Crippen molar-refractivity contribution >= 4 is 17.5 Å². The normalized spacial score (nSPS) is 12.4. The molecule has 1 amide bonds. The summed E-state index contributed by atoms with van der Waals surface area (Å²) in [7, 11) is 0. The topological polar surface area (TPSA) is 43.1 Å². The molecule has 0 aliphatic carbocycles. The number of hydrogen-bond donors (Lipinski definition) is 1. The minimum absolute atomic E-state index is 0.347. The van der Waals surface area contributed by atoms with Gasteiger partial charge in [0.15, 0.2) is 0 Å². The van der Waals surface area contributed by atoms with Gasteiger partial charge in [-0.3, -0.25) is 4.79 Å². The molecule has 0 fully saturated rings. The molecular weight excluding hydrogens is 270 g/mol. The van der Waals surface area contributed by atoms with Crippen molar-refractivity contribution < 1.29 is 4.79 Å². The van der Waals surface area contributed by atoms with Gasteiger partial charge in [-0.1, -0.05) is 51.6 Å². The van der Waals surface area contributed by atoms with Crippen molar-refractivity contribution in [1.82, 2.24) is 0 Å². The van der Waals surface area contributed by atoms with Gasteiger partial charge in [0.25, 0.3) is 0 Å². The molecule has 0 aliphatic rings. The monoisotopic (exact) mass is 295 g/mol. The average Bonchev–Trinajstić information content (AvgIpc) is 2.43. The highest BCUT2D eigenvalue weighted by molar-refractivity contribution is 6.31. The molecule has 0 saturated heterocycles. The second-order valence-electron chi connectivity index (χ2n) is 5.31. The van der Waals surface area contributed by atoms with Crippen LogP contribution < -0.4 is 5.73 Å². The van der Waals surface area contributed by atoms with E-state index < -0.39 is 0 Å². The number of benzene rings is 1. The number of halogens is 1. The summed E-state index contributed by atoms with van der Waals surface area (Å²) in [4.78, 5) is 11.7. The number of hydrogen-bond acceptors (Lipinski definition) is 1. The van der Waals surface area contributed by atoms with E-state index in [2.05, 4.69) is 20.8 Å². The number of primary amides is 1. The van der Waals surface area contributed by atoms with Crippen LogP contribution in [0.2, 0.25) is 5.02 Å². The highest BCUT2D eigenvalue weighted by atomic mass is 35.5. The first-order valence-corrected chi connectivity index (χ1v) is 8.05. The van der Waals surface area contributed by atoms with E-state index in [-0.39, 0.29) is 5.91 Å². The molecule has 3 heteroatoms. The largest absolute Gasteiger partial charge is 0.366 e. The van der Waals surface area contributed by atoms with Gasteiger partial charge in [0.2, 0.25) is 5.91 Å². The predicted molar refractivity (Wildman–Crippen MR) is 86.5 cm³/mol. The van der Waals surface area contributed by atoms with Gasteiger partial charge in [0, 0.05) is 10.6 Å². The van der Waals surface area contributed by atoms with E-state index in [9.17, 15) is 4.79 Å². The number of amides is 1. The minimum Gasteiger partial charge on any atom is -0.366 e. The van der Waals surface area contributed by atoms with E-state index in [0.717, 1.165) is 35.4 Å². The van der Waals surface area contributed by atoms with Gasteiger partial charge in [-0.2, -0.15) is 0 Å². The smallest absolute Gasteiger partial charge is 0.248 e. The maximum Gasteiger partial charge on any atom is 0.248 e. The molecule has 1 rings (SSSR count). The summed E-state index contributed by atoms with van der Waals surface area (Å²) in [6.07, 6.45) is 6.55. The van der Waals surface area contributed by atoms with E-state index in [1.54, 1.807) is 12.1 Å². The average molecular weight is 296 g/mol. The van der Waals surface area contributed by atoms with Crippen molar-refractivity contribution in [1.29, 1.82) is 0 Å². The van der Waals surface area contributed by atoms with Crippen molar-refractivity contribution in [3.8, 4) is 0 Å². The lowest BCUT2D eigenvalue weighted by atomic mass is 9.83. The lowest BCUT2D eigenvalue weighted by Gasteiger charge is -2.22. The van der Waals surface area contributed by atoms with Crippen LogP contribution in [-0.4, -0.2) is 5.91 Å². The van der Waals surface area contributed by atoms with Gasteiger partial charge in [-0.05, 0) is 48.4 Å². The molecule has 0 aliphatic heterocycles. The molecule has 1 unspecified atom stereocenters. The van der Waals surface area contributed by atoms with Crippen LogP contribution in [-0.2, 0) is 6.42 Å². The third-order valence-corrected chi connectivity index (χ3v) is 4.33. The fraction of sp³-hybridized carbons (Fsp3) is 0.588. The van der Waals surface area contributed by atoms with Crippen molar-refractivity contribution in [3.05, 3.63) is 33.8 Å². The molecule has 2 N–H and O–H groups in total. The third kappa shape index (κ3) is 3.99. The molecule has 112 valence electrons. The zero-order valence-electron chi connectivity index (χ0n) is 12.8. The minimum atomic E-state index is -0.347. The lowest BCUT2D eigenvalue weighted by molar-refractivity contribution is 0.0998. The summed E-state index contributed by atoms with van der Waals surface area (Å²) in [6.45, 7) is 6.45. The number of nitrogens with two attached hydrogens (primary N) is 1. The van der Waals surface area contributed by atoms with Crippen LogP contribution in [0, 0.1) is 0 Å². The van der Waals surface area contributed by atoms with Gasteiger partial charge in [0.1, 0.15) is 0 Å². The van der Waals surface area contributed by atoms with E-state index in [4.69, 9.17) is 17.3 Å². The first-order valence-electron chi connectivity index (χ1n) is 7.67. The maximum atomic E-state index is 11.7. The number of carbonyl (C=O) groups is 1. The molecule has 2 nitrogen and oxygen atoms in total. The number of carbonyl (C=O) groups excluding carboxylic acids is 1. The Bertz CT molecular complexity index is 457. The van der Waals surface area contributed by atoms with Crippen molar-refractivity contribution in [2.45, 2.75) is 65.2 Å². The van der Waals surface area contributed by atoms with Gasteiger partial charge in [0.05, 0.1) is 0 Å². The molecular formula is C17H26ClNO. The van der Waals surface area contributed by atoms with E-state index >= 15 is 0 Å². The van der Waals surface area contributed by atoms with Crippen LogP contribution in [0.5, 0.6) is 0 Å². The Labute approximate surface area is 127 Å². The Morgan fingerprint density at radius 3 is 2.45 bits per heavy atom. The molecule has 0 spiro atoms. The van der Waals surface area contributed by atoms with E-state index in [1.807, 2.05) is 0 Å². The lowest BCUT2D eigenvalue weighted by Crippen LogP contribution is -2.17. The van der Waals surface area contributed by atoms with Crippen LogP contribution in [0.4, 0.5) is 0 Å². The molecule has 0 heterocycles. The molecule has 1 aromatic rings. The molecule has 0 aromatic heterocycles. The second-order valence-corrected chi connectivity index (χ2v) is 5.71. The maximum absolute atomic E-state index is 11.7. The fourth-order valence-electron chi connectivity index (χ4n) is 2.87. The summed E-state index contributed by atoms with van der Waals surface area (Å²) >= 11 is 6.32. The molecule has 0 saturated carbocycles. The first-order chi connectivity index (χ1) is 9.56. The summed E-state index contributed by atoms with van der Waals surface area (Å²) in [5.74, 6) is 0.0259. The molecule has 0 radical (unpaired) electrons. The van der Waals surface area contributed by atoms with Crippen molar-refractivity contribution in [2.24, 2.45) is 5.73 Å². The highest BCUT2D eigenvalue weighted by Gasteiger charge is 2.21. The van der Waals surface area contributed by atoms with Crippen LogP contribution >= 0.6 is 11.6 Å². The van der Waals surface area contributed by atoms with Crippen LogP contribution in [0.15, 0.2) is 12.1 Å². The quantitative estimate of drug-likeness (QED) is 0.668. The van der Waals surface area contributed by atoms with Crippen LogP contribution in [0.1, 0.15) is 80.3 Å². The zero-order chi connectivity index (χ0) is 15.1. The summed E-state index contributed by atoms with van der Waals surface area (Å²) in [5, 5.41) is 0.751. The fourth-order valence-corrected chi connectivity index (χ4v) is 3.17. The van der Waals surface area contributed by atoms with Crippen LogP contribution in [0.3, 0.4) is 0 Å². The Hall–Kier alpha value is -1.02. The number of rotatable bonds is 8. The second kappa shape index (κ2) is 8.31. The van der Waals surface area contributed by atoms with Gasteiger partial charge >= 0.3 is 0 Å². The first kappa shape index (κ1) is 17.0. The van der Waals surface area contributed by atoms with E-state index in [1.165, 1.54) is 19.3 Å². The SMILES string of the molecule is CCCCCC(CC)c1c(C(N)=O)ccc(Cl)c1CC.